The molecule has 13 heteroatoms. The molecule has 0 aliphatic heterocycles. The fourth-order valence-electron chi connectivity index (χ4n) is 4.11. The molecule has 1 fully saturated rings. The molecular weight excluding hydrogens is 573 g/mol. The Bertz CT molecular complexity index is 1480. The summed E-state index contributed by atoms with van der Waals surface area (Å²) in [5.41, 5.74) is 2.79. The lowest BCUT2D eigenvalue weighted by Crippen LogP contribution is -2.41. The van der Waals surface area contributed by atoms with Crippen LogP contribution in [0.5, 0.6) is 23.0 Å². The number of H-pyrrole nitrogens is 1. The molecule has 1 aliphatic carbocycles. The standard InChI is InChI=1S/C28H26N2O6.C2HF3O2/c1-35-25-13-17(6-8-23(25)31)11-19-15-21(30-28(34)22-5-3-4-10-29-22)16-20(27(19)33)12-18-7-9-24(32)26(14-18)36-2;3-2(4,5)1(6)7/h3-14,21,31-32H,15-16H2,1-2H3,(H,30,34);(H,6,7)/b19-11+,20-12+;. The van der Waals surface area contributed by atoms with Gasteiger partial charge in [-0.3, -0.25) is 9.59 Å². The molecule has 0 spiro atoms. The van der Waals surface area contributed by atoms with Crippen molar-refractivity contribution >= 4 is 29.8 Å². The predicted molar refractivity (Wildman–Crippen MR) is 145 cm³/mol. The molecule has 0 atom stereocenters. The second kappa shape index (κ2) is 14.0. The van der Waals surface area contributed by atoms with Gasteiger partial charge < -0.3 is 34.9 Å². The lowest BCUT2D eigenvalue weighted by molar-refractivity contribution is -0.382. The Morgan fingerprint density at radius 1 is 0.930 bits per heavy atom. The first-order chi connectivity index (χ1) is 20.3. The van der Waals surface area contributed by atoms with Gasteiger partial charge in [-0.25, -0.2) is 4.98 Å². The summed E-state index contributed by atoms with van der Waals surface area (Å²) in [4.78, 5) is 38.0. The lowest BCUT2D eigenvalue weighted by Gasteiger charge is -2.26. The number of Topliss-reactive ketones (excluding diaryl/α,β-unsaturated/α-hetero) is 1. The molecule has 4 rings (SSSR count). The summed E-state index contributed by atoms with van der Waals surface area (Å²) < 4.78 is 41.9. The van der Waals surface area contributed by atoms with Crippen LogP contribution >= 0.6 is 0 Å². The van der Waals surface area contributed by atoms with Crippen molar-refractivity contribution in [1.82, 2.24) is 5.32 Å². The summed E-state index contributed by atoms with van der Waals surface area (Å²) >= 11 is 0. The van der Waals surface area contributed by atoms with E-state index in [9.17, 15) is 33.0 Å². The van der Waals surface area contributed by atoms with Crippen LogP contribution in [0.25, 0.3) is 12.2 Å². The van der Waals surface area contributed by atoms with Gasteiger partial charge in [-0.05, 0) is 66.5 Å². The number of ketones is 1. The number of halogens is 3. The zero-order valence-electron chi connectivity index (χ0n) is 22.9. The molecule has 2 aromatic carbocycles. The first-order valence-electron chi connectivity index (χ1n) is 12.6. The van der Waals surface area contributed by atoms with E-state index in [1.807, 2.05) is 0 Å². The van der Waals surface area contributed by atoms with Crippen LogP contribution in [-0.2, 0) is 9.59 Å². The number of ether oxygens (including phenoxy) is 2. The van der Waals surface area contributed by atoms with Gasteiger partial charge in [0, 0.05) is 29.3 Å². The summed E-state index contributed by atoms with van der Waals surface area (Å²) in [6, 6.07) is 14.6. The number of carbonyl (C=O) groups excluding carboxylic acids is 3. The first kappa shape index (κ1) is 32.2. The Balaban J connectivity index is 0.000000646. The number of aromatic nitrogens is 1. The van der Waals surface area contributed by atoms with Gasteiger partial charge in [0.15, 0.2) is 35.0 Å². The zero-order valence-corrected chi connectivity index (χ0v) is 22.9. The minimum Gasteiger partial charge on any atom is -0.542 e. The molecule has 4 N–H and O–H groups in total. The maximum absolute atomic E-state index is 13.5. The zero-order chi connectivity index (χ0) is 31.7. The lowest BCUT2D eigenvalue weighted by atomic mass is 9.83. The van der Waals surface area contributed by atoms with Crippen molar-refractivity contribution in [3.63, 3.8) is 0 Å². The number of hydrogen-bond acceptors (Lipinski definition) is 8. The third-order valence-electron chi connectivity index (χ3n) is 6.13. The number of carboxylic acid groups (broad SMARTS) is 1. The number of rotatable bonds is 6. The summed E-state index contributed by atoms with van der Waals surface area (Å²) in [7, 11) is 2.91. The fraction of sp³-hybridized carbons (Fsp3) is 0.200. The number of hydrogen-bond donors (Lipinski definition) is 3. The molecule has 0 saturated heterocycles. The molecule has 43 heavy (non-hydrogen) atoms. The highest BCUT2D eigenvalue weighted by Gasteiger charge is 2.30. The highest BCUT2D eigenvalue weighted by molar-refractivity contribution is 6.14. The van der Waals surface area contributed by atoms with E-state index in [0.29, 0.717) is 52.3 Å². The number of benzene rings is 2. The van der Waals surface area contributed by atoms with Gasteiger partial charge in [0.1, 0.15) is 5.97 Å². The van der Waals surface area contributed by atoms with Crippen LogP contribution in [0.4, 0.5) is 13.2 Å². The Morgan fingerprint density at radius 2 is 1.42 bits per heavy atom. The first-order valence-corrected chi connectivity index (χ1v) is 12.6. The fourth-order valence-corrected chi connectivity index (χ4v) is 4.11. The molecule has 0 bridgehead atoms. The summed E-state index contributed by atoms with van der Waals surface area (Å²) in [6.45, 7) is 0. The Morgan fingerprint density at radius 3 is 1.81 bits per heavy atom. The van der Waals surface area contributed by atoms with Crippen molar-refractivity contribution in [2.24, 2.45) is 0 Å². The van der Waals surface area contributed by atoms with Crippen molar-refractivity contribution in [1.29, 1.82) is 0 Å². The number of aromatic amines is 1. The van der Waals surface area contributed by atoms with E-state index in [1.54, 1.807) is 60.8 Å². The number of carbonyl (C=O) groups is 3. The van der Waals surface area contributed by atoms with E-state index in [-0.39, 0.29) is 29.2 Å². The van der Waals surface area contributed by atoms with Crippen LogP contribution in [0.3, 0.4) is 0 Å². The molecule has 1 amide bonds. The van der Waals surface area contributed by atoms with Gasteiger partial charge in [0.2, 0.25) is 0 Å². The SMILES string of the molecule is COc1cc(/C=C2\CC(NC(=O)c3cccc[nH+]3)C/C(=C\c3ccc(O)c(OC)c3)C2=O)ccc1O.O=C([O-])C(F)(F)F. The quantitative estimate of drug-likeness (QED) is 0.364. The van der Waals surface area contributed by atoms with Crippen LogP contribution in [0, 0.1) is 0 Å². The molecule has 226 valence electrons. The van der Waals surface area contributed by atoms with Crippen molar-refractivity contribution in [2.75, 3.05) is 14.2 Å². The van der Waals surface area contributed by atoms with E-state index < -0.39 is 12.1 Å². The van der Waals surface area contributed by atoms with Crippen LogP contribution in [0.2, 0.25) is 0 Å². The van der Waals surface area contributed by atoms with Crippen LogP contribution in [0.1, 0.15) is 34.5 Å². The van der Waals surface area contributed by atoms with E-state index in [1.165, 1.54) is 26.4 Å². The summed E-state index contributed by atoms with van der Waals surface area (Å²) in [5.74, 6) is -2.83. The van der Waals surface area contributed by atoms with E-state index >= 15 is 0 Å². The van der Waals surface area contributed by atoms with Crippen LogP contribution in [-0.4, -0.2) is 54.3 Å². The highest BCUT2D eigenvalue weighted by Crippen LogP contribution is 2.33. The minimum absolute atomic E-state index is 0.000680. The van der Waals surface area contributed by atoms with E-state index in [4.69, 9.17) is 19.4 Å². The molecule has 10 nitrogen and oxygen atoms in total. The number of phenols is 2. The van der Waals surface area contributed by atoms with E-state index in [0.717, 1.165) is 0 Å². The second-order valence-corrected chi connectivity index (χ2v) is 9.17. The second-order valence-electron chi connectivity index (χ2n) is 9.17. The average molecular weight is 601 g/mol. The monoisotopic (exact) mass is 600 g/mol. The van der Waals surface area contributed by atoms with Crippen LogP contribution in [0.15, 0.2) is 71.9 Å². The third kappa shape index (κ3) is 8.83. The minimum atomic E-state index is -5.19. The van der Waals surface area contributed by atoms with Crippen molar-refractivity contribution in [3.05, 3.63) is 88.8 Å². The number of amides is 1. The number of aromatic hydroxyl groups is 2. The number of alkyl halides is 3. The third-order valence-corrected chi connectivity index (χ3v) is 6.13. The maximum Gasteiger partial charge on any atom is 0.430 e. The van der Waals surface area contributed by atoms with Crippen molar-refractivity contribution in [2.45, 2.75) is 25.1 Å². The number of methoxy groups -OCH3 is 2. The number of carboxylic acids is 1. The van der Waals surface area contributed by atoms with Crippen molar-refractivity contribution in [3.8, 4) is 23.0 Å². The van der Waals surface area contributed by atoms with Gasteiger partial charge in [0.05, 0.1) is 14.2 Å². The Hall–Kier alpha value is -5.33. The smallest absolute Gasteiger partial charge is 0.430 e. The molecule has 3 aromatic rings. The molecule has 1 aromatic heterocycles. The normalized spacial score (nSPS) is 16.7. The van der Waals surface area contributed by atoms with Crippen LogP contribution < -0.4 is 24.9 Å². The molecule has 0 unspecified atom stereocenters. The maximum atomic E-state index is 13.5. The molecule has 1 heterocycles. The number of aliphatic carboxylic acids is 1. The highest BCUT2D eigenvalue weighted by atomic mass is 19.4. The van der Waals surface area contributed by atoms with Gasteiger partial charge in [-0.2, -0.15) is 13.2 Å². The molecule has 1 aliphatic rings. The number of pyridine rings is 1. The topological polar surface area (TPSA) is 159 Å². The van der Waals surface area contributed by atoms with Crippen molar-refractivity contribution < 1.29 is 57.3 Å². The molecular formula is C30H27F3N2O8. The van der Waals surface area contributed by atoms with Gasteiger partial charge in [-0.1, -0.05) is 12.1 Å². The largest absolute Gasteiger partial charge is 0.542 e. The average Bonchev–Trinajstić information content (AvgIpc) is 2.97. The number of phenolic OH excluding ortho intramolecular Hbond substituents is 2. The summed E-state index contributed by atoms with van der Waals surface area (Å²) in [6.07, 6.45) is 0.616. The summed E-state index contributed by atoms with van der Waals surface area (Å²) in [5, 5.41) is 31.6. The van der Waals surface area contributed by atoms with Gasteiger partial charge in [-0.15, -0.1) is 0 Å². The predicted octanol–water partition coefficient (Wildman–Crippen LogP) is 2.86. The molecule has 1 saturated carbocycles. The Labute approximate surface area is 243 Å². The van der Waals surface area contributed by atoms with E-state index in [2.05, 4.69) is 10.3 Å². The van der Waals surface area contributed by atoms with Gasteiger partial charge in [0.25, 0.3) is 5.69 Å². The van der Waals surface area contributed by atoms with Gasteiger partial charge >= 0.3 is 12.1 Å². The number of nitrogens with one attached hydrogen (secondary N) is 2. The Kier molecular flexibility index (Phi) is 10.5. The molecule has 0 radical (unpaired) electrons.